The summed E-state index contributed by atoms with van der Waals surface area (Å²) in [5.74, 6) is -0.0108. The zero-order valence-corrected chi connectivity index (χ0v) is 16.9. The van der Waals surface area contributed by atoms with Crippen LogP contribution in [0.15, 0.2) is 59.5 Å². The van der Waals surface area contributed by atoms with Crippen LogP contribution in [-0.2, 0) is 20.9 Å². The summed E-state index contributed by atoms with van der Waals surface area (Å²) in [5.41, 5.74) is 1.94. The maximum Gasteiger partial charge on any atom is 0.326 e. The van der Waals surface area contributed by atoms with E-state index in [1.54, 1.807) is 13.0 Å². The number of rotatable bonds is 7. The summed E-state index contributed by atoms with van der Waals surface area (Å²) < 4.78 is 11.0. The zero-order chi connectivity index (χ0) is 19.9. The van der Waals surface area contributed by atoms with Gasteiger partial charge in [-0.15, -0.1) is 0 Å². The van der Waals surface area contributed by atoms with Gasteiger partial charge in [-0.2, -0.15) is 0 Å². The first-order valence-electron chi connectivity index (χ1n) is 8.74. The van der Waals surface area contributed by atoms with Gasteiger partial charge in [-0.1, -0.05) is 66.4 Å². The molecule has 0 aliphatic carbocycles. The van der Waals surface area contributed by atoms with Crippen molar-refractivity contribution >= 4 is 46.3 Å². The number of thioether (sulfide) groups is 1. The predicted octanol–water partition coefficient (Wildman–Crippen LogP) is 4.03. The maximum absolute atomic E-state index is 12.5. The smallest absolute Gasteiger partial charge is 0.326 e. The van der Waals surface area contributed by atoms with Crippen LogP contribution in [0.4, 0.5) is 0 Å². The van der Waals surface area contributed by atoms with Crippen LogP contribution in [-0.4, -0.2) is 34.2 Å². The number of nitrogens with zero attached hydrogens (tertiary/aromatic N) is 1. The summed E-state index contributed by atoms with van der Waals surface area (Å²) in [6.07, 6.45) is 1.76. The van der Waals surface area contributed by atoms with E-state index in [0.29, 0.717) is 15.8 Å². The van der Waals surface area contributed by atoms with Crippen LogP contribution in [0.1, 0.15) is 18.1 Å². The number of benzene rings is 2. The van der Waals surface area contributed by atoms with Crippen molar-refractivity contribution < 1.29 is 19.1 Å². The van der Waals surface area contributed by atoms with E-state index >= 15 is 0 Å². The van der Waals surface area contributed by atoms with Gasteiger partial charge in [0.1, 0.15) is 23.2 Å². The average molecular weight is 414 g/mol. The third-order valence-electron chi connectivity index (χ3n) is 3.89. The number of hydrogen-bond acceptors (Lipinski definition) is 6. The number of thiocarbonyl (C=S) groups is 1. The predicted molar refractivity (Wildman–Crippen MR) is 114 cm³/mol. The van der Waals surface area contributed by atoms with Gasteiger partial charge in [-0.3, -0.25) is 14.5 Å². The lowest BCUT2D eigenvalue weighted by atomic mass is 10.2. The molecule has 0 atom stereocenters. The minimum atomic E-state index is -0.472. The third-order valence-corrected chi connectivity index (χ3v) is 5.27. The molecule has 0 N–H and O–H groups in total. The van der Waals surface area contributed by atoms with Gasteiger partial charge in [0.05, 0.1) is 11.5 Å². The number of esters is 1. The molecule has 144 valence electrons. The molecular weight excluding hydrogens is 394 g/mol. The highest BCUT2D eigenvalue weighted by Crippen LogP contribution is 2.32. The Hall–Kier alpha value is -2.64. The third kappa shape index (κ3) is 5.21. The van der Waals surface area contributed by atoms with E-state index in [1.165, 1.54) is 16.7 Å². The number of carbonyl (C=O) groups is 2. The Bertz CT molecular complexity index is 894. The molecule has 28 heavy (non-hydrogen) atoms. The van der Waals surface area contributed by atoms with Crippen molar-refractivity contribution in [2.45, 2.75) is 13.5 Å². The van der Waals surface area contributed by atoms with Crippen molar-refractivity contribution in [1.29, 1.82) is 0 Å². The van der Waals surface area contributed by atoms with Crippen LogP contribution >= 0.6 is 24.0 Å². The fraction of sp³-hybridized carbons (Fsp3) is 0.190. The largest absolute Gasteiger partial charge is 0.489 e. The van der Waals surface area contributed by atoms with Gasteiger partial charge in [0.2, 0.25) is 0 Å². The van der Waals surface area contributed by atoms with Crippen LogP contribution in [0.25, 0.3) is 6.08 Å². The molecule has 3 rings (SSSR count). The van der Waals surface area contributed by atoms with Crippen LogP contribution in [0.2, 0.25) is 0 Å². The Morgan fingerprint density at radius 2 is 1.86 bits per heavy atom. The molecule has 7 heteroatoms. The van der Waals surface area contributed by atoms with Crippen molar-refractivity contribution in [3.63, 3.8) is 0 Å². The normalized spacial score (nSPS) is 15.2. The summed E-state index contributed by atoms with van der Waals surface area (Å²) >= 11 is 6.39. The van der Waals surface area contributed by atoms with Crippen LogP contribution < -0.4 is 4.74 Å². The topological polar surface area (TPSA) is 55.8 Å². The quantitative estimate of drug-likeness (QED) is 0.388. The highest BCUT2D eigenvalue weighted by molar-refractivity contribution is 8.26. The van der Waals surface area contributed by atoms with Gasteiger partial charge in [0.25, 0.3) is 5.91 Å². The van der Waals surface area contributed by atoms with E-state index in [4.69, 9.17) is 21.7 Å². The van der Waals surface area contributed by atoms with E-state index in [1.807, 2.05) is 54.6 Å². The van der Waals surface area contributed by atoms with E-state index < -0.39 is 5.97 Å². The van der Waals surface area contributed by atoms with Crippen molar-refractivity contribution in [2.75, 3.05) is 13.2 Å². The SMILES string of the molecule is CCOC(=O)CN1C(=O)/C(=C/c2ccc(OCc3ccccc3)cc2)SC1=S. The van der Waals surface area contributed by atoms with E-state index in [2.05, 4.69) is 0 Å². The van der Waals surface area contributed by atoms with E-state index in [0.717, 1.165) is 16.9 Å². The van der Waals surface area contributed by atoms with Crippen molar-refractivity contribution in [1.82, 2.24) is 4.90 Å². The summed E-state index contributed by atoms with van der Waals surface area (Å²) in [7, 11) is 0. The van der Waals surface area contributed by atoms with E-state index in [-0.39, 0.29) is 19.1 Å². The lowest BCUT2D eigenvalue weighted by Gasteiger charge is -2.12. The molecule has 2 aromatic carbocycles. The summed E-state index contributed by atoms with van der Waals surface area (Å²) in [6.45, 7) is 2.31. The molecule has 2 aromatic rings. The van der Waals surface area contributed by atoms with Crippen LogP contribution in [0.5, 0.6) is 5.75 Å². The first-order chi connectivity index (χ1) is 13.6. The molecule has 1 fully saturated rings. The summed E-state index contributed by atoms with van der Waals surface area (Å²) in [6, 6.07) is 17.4. The summed E-state index contributed by atoms with van der Waals surface area (Å²) in [5, 5.41) is 0. The van der Waals surface area contributed by atoms with Gasteiger partial charge in [-0.05, 0) is 36.3 Å². The molecule has 0 unspecified atom stereocenters. The minimum absolute atomic E-state index is 0.165. The first kappa shape index (κ1) is 20.1. The maximum atomic E-state index is 12.5. The molecule has 0 aromatic heterocycles. The van der Waals surface area contributed by atoms with E-state index in [9.17, 15) is 9.59 Å². The fourth-order valence-corrected chi connectivity index (χ4v) is 3.78. The Balaban J connectivity index is 1.62. The second-order valence-electron chi connectivity index (χ2n) is 5.92. The lowest BCUT2D eigenvalue weighted by molar-refractivity contribution is -0.145. The van der Waals surface area contributed by atoms with Crippen LogP contribution in [0.3, 0.4) is 0 Å². The molecular formula is C21H19NO4S2. The molecule has 0 bridgehead atoms. The van der Waals surface area contributed by atoms with Gasteiger partial charge < -0.3 is 9.47 Å². The Labute approximate surface area is 173 Å². The molecule has 5 nitrogen and oxygen atoms in total. The number of ether oxygens (including phenoxy) is 2. The Kier molecular flexibility index (Phi) is 6.84. The van der Waals surface area contributed by atoms with Crippen molar-refractivity contribution in [3.8, 4) is 5.75 Å². The van der Waals surface area contributed by atoms with Crippen LogP contribution in [0, 0.1) is 0 Å². The molecule has 0 radical (unpaired) electrons. The highest BCUT2D eigenvalue weighted by atomic mass is 32.2. The molecule has 1 amide bonds. The monoisotopic (exact) mass is 413 g/mol. The van der Waals surface area contributed by atoms with Crippen molar-refractivity contribution in [3.05, 3.63) is 70.6 Å². The Morgan fingerprint density at radius 3 is 2.54 bits per heavy atom. The number of amides is 1. The zero-order valence-electron chi connectivity index (χ0n) is 15.3. The molecule has 1 saturated heterocycles. The molecule has 1 aliphatic rings. The van der Waals surface area contributed by atoms with Gasteiger partial charge >= 0.3 is 5.97 Å². The molecule has 0 spiro atoms. The second kappa shape index (κ2) is 9.52. The van der Waals surface area contributed by atoms with Gasteiger partial charge in [-0.25, -0.2) is 0 Å². The lowest BCUT2D eigenvalue weighted by Crippen LogP contribution is -2.34. The summed E-state index contributed by atoms with van der Waals surface area (Å²) in [4.78, 5) is 25.9. The molecule has 1 heterocycles. The second-order valence-corrected chi connectivity index (χ2v) is 7.59. The Morgan fingerprint density at radius 1 is 1.14 bits per heavy atom. The van der Waals surface area contributed by atoms with Gasteiger partial charge in [0.15, 0.2) is 0 Å². The average Bonchev–Trinajstić information content (AvgIpc) is 2.96. The highest BCUT2D eigenvalue weighted by Gasteiger charge is 2.33. The standard InChI is InChI=1S/C21H19NO4S2/c1-2-25-19(23)13-22-20(24)18(28-21(22)27)12-15-8-10-17(11-9-15)26-14-16-6-4-3-5-7-16/h3-12H,2,13-14H2,1H3/b18-12-. The number of carbonyl (C=O) groups excluding carboxylic acids is 2. The van der Waals surface area contributed by atoms with Crippen molar-refractivity contribution in [2.24, 2.45) is 0 Å². The fourth-order valence-electron chi connectivity index (χ4n) is 2.52. The first-order valence-corrected chi connectivity index (χ1v) is 9.97. The molecule has 0 saturated carbocycles. The number of hydrogen-bond donors (Lipinski definition) is 0. The minimum Gasteiger partial charge on any atom is -0.489 e. The van der Waals surface area contributed by atoms with Gasteiger partial charge in [0, 0.05) is 0 Å². The molecule has 1 aliphatic heterocycles.